The number of carbonyl (C=O) groups excluding carboxylic acids is 1. The second-order valence-corrected chi connectivity index (χ2v) is 4.27. The van der Waals surface area contributed by atoms with Gasteiger partial charge < -0.3 is 25.3 Å². The van der Waals surface area contributed by atoms with Crippen LogP contribution in [0.1, 0.15) is 19.8 Å². The third-order valence-electron chi connectivity index (χ3n) is 2.86. The van der Waals surface area contributed by atoms with Crippen molar-refractivity contribution in [1.29, 1.82) is 0 Å². The second kappa shape index (κ2) is 10.3. The molecular weight excluding hydrogens is 236 g/mol. The fourth-order valence-corrected chi connectivity index (χ4v) is 1.36. The number of nitrogens with one attached hydrogen (secondary N) is 1. The van der Waals surface area contributed by atoms with Crippen molar-refractivity contribution in [2.45, 2.75) is 25.3 Å². The molecule has 1 unspecified atom stereocenters. The molecule has 0 aromatic carbocycles. The van der Waals surface area contributed by atoms with E-state index < -0.39 is 5.54 Å². The van der Waals surface area contributed by atoms with Crippen molar-refractivity contribution in [2.24, 2.45) is 5.73 Å². The maximum atomic E-state index is 11.2. The number of amides is 1. The summed E-state index contributed by atoms with van der Waals surface area (Å²) >= 11 is 0. The zero-order valence-electron chi connectivity index (χ0n) is 11.7. The van der Waals surface area contributed by atoms with Crippen molar-refractivity contribution < 1.29 is 19.0 Å². The van der Waals surface area contributed by atoms with Crippen LogP contribution in [0.15, 0.2) is 0 Å². The predicted molar refractivity (Wildman–Crippen MR) is 69.4 cm³/mol. The third-order valence-corrected chi connectivity index (χ3v) is 2.86. The Balaban J connectivity index is 3.42. The summed E-state index contributed by atoms with van der Waals surface area (Å²) in [5, 5.41) is 2.93. The zero-order valence-corrected chi connectivity index (χ0v) is 11.7. The molecule has 0 fully saturated rings. The summed E-state index contributed by atoms with van der Waals surface area (Å²) in [6.07, 6.45) is 1.43. The van der Waals surface area contributed by atoms with E-state index in [2.05, 4.69) is 5.32 Å². The number of hydrogen-bond acceptors (Lipinski definition) is 5. The zero-order chi connectivity index (χ0) is 13.9. The molecule has 0 aliphatic rings. The molecule has 0 bridgehead atoms. The molecule has 3 N–H and O–H groups in total. The van der Waals surface area contributed by atoms with Gasteiger partial charge in [0.25, 0.3) is 0 Å². The minimum Gasteiger partial charge on any atom is -0.382 e. The average Bonchev–Trinajstić information content (AvgIpc) is 2.36. The number of nitrogens with two attached hydrogens (primary N) is 1. The van der Waals surface area contributed by atoms with Gasteiger partial charge >= 0.3 is 0 Å². The Morgan fingerprint density at radius 3 is 2.22 bits per heavy atom. The number of ether oxygens (including phenoxy) is 3. The number of likely N-dealkylation sites (N-methyl/N-ethyl adjacent to an activating group) is 1. The topological polar surface area (TPSA) is 82.8 Å². The van der Waals surface area contributed by atoms with Gasteiger partial charge in [-0.1, -0.05) is 0 Å². The summed E-state index contributed by atoms with van der Waals surface area (Å²) in [5.41, 5.74) is 4.66. The Hall–Kier alpha value is -0.690. The standard InChI is InChI=1S/C12H26N2O4/c1-12(14-2,11(13)15)5-4-6-17-9-10-18-8-7-16-3/h14H,4-10H2,1-3H3,(H2,13,15). The van der Waals surface area contributed by atoms with Crippen LogP contribution >= 0.6 is 0 Å². The molecule has 0 rings (SSSR count). The first-order valence-corrected chi connectivity index (χ1v) is 6.20. The van der Waals surface area contributed by atoms with E-state index in [1.807, 2.05) is 0 Å². The molecule has 0 heterocycles. The highest BCUT2D eigenvalue weighted by atomic mass is 16.5. The van der Waals surface area contributed by atoms with Gasteiger partial charge in [-0.25, -0.2) is 0 Å². The van der Waals surface area contributed by atoms with Crippen LogP contribution in [0.2, 0.25) is 0 Å². The summed E-state index contributed by atoms with van der Waals surface area (Å²) in [6, 6.07) is 0. The van der Waals surface area contributed by atoms with Gasteiger partial charge in [0.1, 0.15) is 0 Å². The smallest absolute Gasteiger partial charge is 0.237 e. The first-order chi connectivity index (χ1) is 8.56. The molecule has 0 saturated carbocycles. The van der Waals surface area contributed by atoms with E-state index in [1.165, 1.54) is 0 Å². The molecule has 0 aliphatic carbocycles. The fourth-order valence-electron chi connectivity index (χ4n) is 1.36. The lowest BCUT2D eigenvalue weighted by molar-refractivity contribution is -0.124. The quantitative estimate of drug-likeness (QED) is 0.480. The molecule has 6 nitrogen and oxygen atoms in total. The third kappa shape index (κ3) is 7.60. The highest BCUT2D eigenvalue weighted by Gasteiger charge is 2.27. The molecule has 1 amide bonds. The number of primary amides is 1. The highest BCUT2D eigenvalue weighted by molar-refractivity contribution is 5.84. The van der Waals surface area contributed by atoms with Crippen LogP contribution in [0.3, 0.4) is 0 Å². The van der Waals surface area contributed by atoms with E-state index in [1.54, 1.807) is 21.1 Å². The van der Waals surface area contributed by atoms with Crippen molar-refractivity contribution in [3.8, 4) is 0 Å². The Kier molecular flexibility index (Phi) is 9.86. The van der Waals surface area contributed by atoms with E-state index in [9.17, 15) is 4.79 Å². The van der Waals surface area contributed by atoms with E-state index in [0.29, 0.717) is 39.5 Å². The van der Waals surface area contributed by atoms with Crippen LogP contribution in [0, 0.1) is 0 Å². The van der Waals surface area contributed by atoms with Gasteiger partial charge in [-0.05, 0) is 26.8 Å². The van der Waals surface area contributed by atoms with Crippen LogP contribution in [0.5, 0.6) is 0 Å². The van der Waals surface area contributed by atoms with E-state index in [4.69, 9.17) is 19.9 Å². The van der Waals surface area contributed by atoms with Crippen LogP contribution < -0.4 is 11.1 Å². The van der Waals surface area contributed by atoms with Gasteiger partial charge in [0, 0.05) is 13.7 Å². The molecule has 0 spiro atoms. The lowest BCUT2D eigenvalue weighted by atomic mass is 9.95. The second-order valence-electron chi connectivity index (χ2n) is 4.27. The maximum absolute atomic E-state index is 11.2. The molecular formula is C12H26N2O4. The van der Waals surface area contributed by atoms with Gasteiger partial charge in [-0.2, -0.15) is 0 Å². The number of carbonyl (C=O) groups is 1. The molecule has 0 aromatic heterocycles. The van der Waals surface area contributed by atoms with E-state index >= 15 is 0 Å². The average molecular weight is 262 g/mol. The lowest BCUT2D eigenvalue weighted by Crippen LogP contribution is -2.51. The van der Waals surface area contributed by atoms with Crippen LogP contribution in [-0.2, 0) is 19.0 Å². The minimum atomic E-state index is -0.654. The molecule has 0 aliphatic heterocycles. The molecule has 1 atom stereocenters. The summed E-state index contributed by atoms with van der Waals surface area (Å²) in [4.78, 5) is 11.2. The van der Waals surface area contributed by atoms with Gasteiger partial charge in [-0.3, -0.25) is 4.79 Å². The monoisotopic (exact) mass is 262 g/mol. The van der Waals surface area contributed by atoms with Crippen molar-refractivity contribution in [3.05, 3.63) is 0 Å². The van der Waals surface area contributed by atoms with Gasteiger partial charge in [0.05, 0.1) is 32.0 Å². The summed E-state index contributed by atoms with van der Waals surface area (Å²) in [7, 11) is 3.37. The highest BCUT2D eigenvalue weighted by Crippen LogP contribution is 2.10. The summed E-state index contributed by atoms with van der Waals surface area (Å²) in [5.74, 6) is -0.340. The molecule has 6 heteroatoms. The van der Waals surface area contributed by atoms with Crippen LogP contribution in [-0.4, -0.2) is 58.6 Å². The Morgan fingerprint density at radius 1 is 1.17 bits per heavy atom. The summed E-state index contributed by atoms with van der Waals surface area (Å²) in [6.45, 7) is 4.68. The molecule has 0 saturated heterocycles. The van der Waals surface area contributed by atoms with Gasteiger partial charge in [0.2, 0.25) is 5.91 Å². The number of rotatable bonds is 12. The van der Waals surface area contributed by atoms with E-state index in [-0.39, 0.29) is 5.91 Å². The first-order valence-electron chi connectivity index (χ1n) is 6.20. The largest absolute Gasteiger partial charge is 0.382 e. The van der Waals surface area contributed by atoms with Gasteiger partial charge in [0.15, 0.2) is 0 Å². The molecule has 0 aromatic rings. The first kappa shape index (κ1) is 17.3. The minimum absolute atomic E-state index is 0.340. The normalized spacial score (nSPS) is 14.4. The van der Waals surface area contributed by atoms with Crippen LogP contribution in [0.25, 0.3) is 0 Å². The molecule has 18 heavy (non-hydrogen) atoms. The fraction of sp³-hybridized carbons (Fsp3) is 0.917. The molecule has 0 radical (unpaired) electrons. The maximum Gasteiger partial charge on any atom is 0.237 e. The van der Waals surface area contributed by atoms with Crippen LogP contribution in [0.4, 0.5) is 0 Å². The number of hydrogen-bond donors (Lipinski definition) is 2. The van der Waals surface area contributed by atoms with Crippen molar-refractivity contribution >= 4 is 5.91 Å². The predicted octanol–water partition coefficient (Wildman–Crippen LogP) is -0.0904. The Morgan fingerprint density at radius 2 is 1.72 bits per heavy atom. The molecule has 108 valence electrons. The number of methoxy groups -OCH3 is 1. The Bertz CT molecular complexity index is 226. The van der Waals surface area contributed by atoms with Crippen molar-refractivity contribution in [3.63, 3.8) is 0 Å². The van der Waals surface area contributed by atoms with E-state index in [0.717, 1.165) is 6.42 Å². The van der Waals surface area contributed by atoms with Crippen molar-refractivity contribution in [1.82, 2.24) is 5.32 Å². The van der Waals surface area contributed by atoms with Crippen molar-refractivity contribution in [2.75, 3.05) is 47.2 Å². The lowest BCUT2D eigenvalue weighted by Gasteiger charge is -2.25. The van der Waals surface area contributed by atoms with Gasteiger partial charge in [-0.15, -0.1) is 0 Å². The summed E-state index contributed by atoms with van der Waals surface area (Å²) < 4.78 is 15.5. The Labute approximate surface area is 109 Å². The SMILES string of the molecule is CNC(C)(CCCOCCOCCOC)C(N)=O.